The minimum atomic E-state index is 0.498. The number of hydrogen-bond donors (Lipinski definition) is 1. The Hall–Kier alpha value is -2.95. The summed E-state index contributed by atoms with van der Waals surface area (Å²) in [7, 11) is 0. The Kier molecular flexibility index (Phi) is 4.00. The number of aromatic nitrogens is 4. The molecule has 5 rings (SSSR count). The van der Waals surface area contributed by atoms with Crippen LogP contribution in [0.4, 0.5) is 5.82 Å². The molecule has 136 valence electrons. The zero-order chi connectivity index (χ0) is 18.2. The smallest absolute Gasteiger partial charge is 0.163 e. The lowest BCUT2D eigenvalue weighted by Gasteiger charge is -2.21. The molecule has 0 amide bonds. The van der Waals surface area contributed by atoms with Crippen LogP contribution in [0.5, 0.6) is 0 Å². The second-order valence-electron chi connectivity index (χ2n) is 7.55. The molecule has 1 aliphatic rings. The maximum Gasteiger partial charge on any atom is 0.163 e. The first kappa shape index (κ1) is 16.2. The largest absolute Gasteiger partial charge is 0.383 e. The van der Waals surface area contributed by atoms with Crippen molar-refractivity contribution in [3.63, 3.8) is 0 Å². The fourth-order valence-corrected chi connectivity index (χ4v) is 4.31. The van der Waals surface area contributed by atoms with E-state index in [1.165, 1.54) is 42.9 Å². The Labute approximate surface area is 158 Å². The summed E-state index contributed by atoms with van der Waals surface area (Å²) in [4.78, 5) is 8.75. The average molecular weight is 357 g/mol. The first-order valence-corrected chi connectivity index (χ1v) is 9.76. The molecule has 1 aliphatic carbocycles. The van der Waals surface area contributed by atoms with Gasteiger partial charge in [-0.2, -0.15) is 5.10 Å². The predicted molar refractivity (Wildman–Crippen MR) is 109 cm³/mol. The van der Waals surface area contributed by atoms with Gasteiger partial charge in [-0.25, -0.2) is 14.6 Å². The molecule has 0 radical (unpaired) electrons. The second-order valence-corrected chi connectivity index (χ2v) is 7.55. The number of fused-ring (bicyclic) bond motifs is 2. The van der Waals surface area contributed by atoms with E-state index in [1.807, 2.05) is 4.68 Å². The monoisotopic (exact) mass is 357 g/mol. The van der Waals surface area contributed by atoms with Gasteiger partial charge in [0.25, 0.3) is 0 Å². The van der Waals surface area contributed by atoms with E-state index in [2.05, 4.69) is 52.4 Å². The molecule has 4 aromatic rings. The van der Waals surface area contributed by atoms with Gasteiger partial charge in [-0.05, 0) is 35.6 Å². The summed E-state index contributed by atoms with van der Waals surface area (Å²) in [6, 6.07) is 14.8. The maximum atomic E-state index is 6.25. The van der Waals surface area contributed by atoms with Crippen molar-refractivity contribution < 1.29 is 0 Å². The Morgan fingerprint density at radius 2 is 1.78 bits per heavy atom. The molecule has 0 unspecified atom stereocenters. The summed E-state index contributed by atoms with van der Waals surface area (Å²) in [5.74, 6) is 1.17. The quantitative estimate of drug-likeness (QED) is 0.571. The molecule has 0 saturated heterocycles. The van der Waals surface area contributed by atoms with Crippen molar-refractivity contribution >= 4 is 27.6 Å². The standard InChI is InChI=1S/C22H23N5/c23-21-19-20(18-11-10-16-8-4-5-9-17(16)12-18)26-27(22(19)25-14-24-21)13-15-6-2-1-3-7-15/h4-5,8-12,14-15H,1-3,6-7,13H2,(H2,23,24,25). The van der Waals surface area contributed by atoms with E-state index in [0.29, 0.717) is 11.7 Å². The fraction of sp³-hybridized carbons (Fsp3) is 0.318. The molecular formula is C22H23N5. The summed E-state index contributed by atoms with van der Waals surface area (Å²) >= 11 is 0. The molecule has 0 atom stereocenters. The zero-order valence-electron chi connectivity index (χ0n) is 15.3. The average Bonchev–Trinajstić information content (AvgIpc) is 3.08. The van der Waals surface area contributed by atoms with E-state index in [1.54, 1.807) is 6.33 Å². The number of nitrogen functional groups attached to an aromatic ring is 1. The van der Waals surface area contributed by atoms with Crippen LogP contribution in [0, 0.1) is 5.92 Å². The summed E-state index contributed by atoms with van der Waals surface area (Å²) in [6.45, 7) is 0.903. The van der Waals surface area contributed by atoms with Crippen LogP contribution in [-0.4, -0.2) is 19.7 Å². The molecule has 0 aliphatic heterocycles. The molecule has 0 bridgehead atoms. The Balaban J connectivity index is 1.64. The third kappa shape index (κ3) is 2.93. The lowest BCUT2D eigenvalue weighted by Crippen LogP contribution is -2.15. The third-order valence-corrected chi connectivity index (χ3v) is 5.74. The zero-order valence-corrected chi connectivity index (χ0v) is 15.3. The van der Waals surface area contributed by atoms with Crippen LogP contribution in [0.3, 0.4) is 0 Å². The molecule has 2 aromatic heterocycles. The van der Waals surface area contributed by atoms with Crippen LogP contribution in [0.2, 0.25) is 0 Å². The number of nitrogens with zero attached hydrogens (tertiary/aromatic N) is 4. The van der Waals surface area contributed by atoms with Crippen LogP contribution in [0.25, 0.3) is 33.1 Å². The van der Waals surface area contributed by atoms with Crippen molar-refractivity contribution in [1.82, 2.24) is 19.7 Å². The van der Waals surface area contributed by atoms with Crippen molar-refractivity contribution in [2.45, 2.75) is 38.6 Å². The molecule has 27 heavy (non-hydrogen) atoms. The van der Waals surface area contributed by atoms with E-state index < -0.39 is 0 Å². The molecule has 2 N–H and O–H groups in total. The first-order valence-electron chi connectivity index (χ1n) is 9.76. The minimum Gasteiger partial charge on any atom is -0.383 e. The van der Waals surface area contributed by atoms with Gasteiger partial charge in [0.05, 0.1) is 5.39 Å². The molecule has 2 aromatic carbocycles. The van der Waals surface area contributed by atoms with E-state index >= 15 is 0 Å². The number of benzene rings is 2. The van der Waals surface area contributed by atoms with E-state index in [-0.39, 0.29) is 0 Å². The molecule has 0 spiro atoms. The highest BCUT2D eigenvalue weighted by atomic mass is 15.3. The Morgan fingerprint density at radius 1 is 0.963 bits per heavy atom. The number of anilines is 1. The van der Waals surface area contributed by atoms with Crippen molar-refractivity contribution in [1.29, 1.82) is 0 Å². The summed E-state index contributed by atoms with van der Waals surface area (Å²) < 4.78 is 2.05. The molecule has 1 saturated carbocycles. The molecule has 5 heteroatoms. The summed E-state index contributed by atoms with van der Waals surface area (Å²) in [5, 5.41) is 8.23. The Morgan fingerprint density at radius 3 is 2.63 bits per heavy atom. The van der Waals surface area contributed by atoms with Gasteiger partial charge in [0.15, 0.2) is 5.65 Å². The van der Waals surface area contributed by atoms with Crippen LogP contribution in [-0.2, 0) is 6.54 Å². The summed E-state index contributed by atoms with van der Waals surface area (Å²) in [6.07, 6.45) is 8.08. The topological polar surface area (TPSA) is 69.6 Å². The number of nitrogens with two attached hydrogens (primary N) is 1. The molecular weight excluding hydrogens is 334 g/mol. The molecule has 2 heterocycles. The van der Waals surface area contributed by atoms with Gasteiger partial charge in [0, 0.05) is 12.1 Å². The highest BCUT2D eigenvalue weighted by molar-refractivity contribution is 6.00. The minimum absolute atomic E-state index is 0.498. The lowest BCUT2D eigenvalue weighted by atomic mass is 9.89. The van der Waals surface area contributed by atoms with Gasteiger partial charge in [0.1, 0.15) is 17.8 Å². The SMILES string of the molecule is Nc1ncnc2c1c(-c1ccc3ccccc3c1)nn2CC1CCCCC1. The second kappa shape index (κ2) is 6.65. The maximum absolute atomic E-state index is 6.25. The van der Waals surface area contributed by atoms with E-state index in [9.17, 15) is 0 Å². The van der Waals surface area contributed by atoms with Gasteiger partial charge in [-0.15, -0.1) is 0 Å². The van der Waals surface area contributed by atoms with E-state index in [4.69, 9.17) is 10.8 Å². The third-order valence-electron chi connectivity index (χ3n) is 5.74. The van der Waals surface area contributed by atoms with Crippen LogP contribution < -0.4 is 5.73 Å². The van der Waals surface area contributed by atoms with Crippen LogP contribution in [0.15, 0.2) is 48.8 Å². The van der Waals surface area contributed by atoms with Gasteiger partial charge >= 0.3 is 0 Å². The number of rotatable bonds is 3. The van der Waals surface area contributed by atoms with E-state index in [0.717, 1.165) is 28.8 Å². The van der Waals surface area contributed by atoms with Gasteiger partial charge in [0.2, 0.25) is 0 Å². The lowest BCUT2D eigenvalue weighted by molar-refractivity contribution is 0.311. The van der Waals surface area contributed by atoms with Crippen LogP contribution in [0.1, 0.15) is 32.1 Å². The van der Waals surface area contributed by atoms with Gasteiger partial charge < -0.3 is 5.73 Å². The van der Waals surface area contributed by atoms with Crippen LogP contribution >= 0.6 is 0 Å². The van der Waals surface area contributed by atoms with Crippen molar-refractivity contribution in [3.8, 4) is 11.3 Å². The van der Waals surface area contributed by atoms with Crippen molar-refractivity contribution in [2.75, 3.05) is 5.73 Å². The predicted octanol–water partition coefficient (Wildman–Crippen LogP) is 4.81. The van der Waals surface area contributed by atoms with Crippen molar-refractivity contribution in [3.05, 3.63) is 48.8 Å². The van der Waals surface area contributed by atoms with Gasteiger partial charge in [-0.3, -0.25) is 0 Å². The molecule has 5 nitrogen and oxygen atoms in total. The first-order chi connectivity index (χ1) is 13.3. The Bertz CT molecular complexity index is 1110. The highest BCUT2D eigenvalue weighted by Gasteiger charge is 2.20. The van der Waals surface area contributed by atoms with Gasteiger partial charge in [-0.1, -0.05) is 55.7 Å². The highest BCUT2D eigenvalue weighted by Crippen LogP contribution is 2.33. The molecule has 1 fully saturated rings. The van der Waals surface area contributed by atoms with Crippen molar-refractivity contribution in [2.24, 2.45) is 5.92 Å². The number of hydrogen-bond acceptors (Lipinski definition) is 4. The summed E-state index contributed by atoms with van der Waals surface area (Å²) in [5.41, 5.74) is 9.03. The fourth-order valence-electron chi connectivity index (χ4n) is 4.31. The normalized spacial score (nSPS) is 15.6.